The predicted molar refractivity (Wildman–Crippen MR) is 77.5 cm³/mol. The molecule has 0 saturated carbocycles. The third kappa shape index (κ3) is 4.07. The van der Waals surface area contributed by atoms with E-state index in [0.29, 0.717) is 5.92 Å². The van der Waals surface area contributed by atoms with E-state index in [0.717, 1.165) is 29.7 Å². The van der Waals surface area contributed by atoms with Crippen LogP contribution < -0.4 is 0 Å². The summed E-state index contributed by atoms with van der Waals surface area (Å²) in [5.74, 6) is 0.434. The van der Waals surface area contributed by atoms with Crippen LogP contribution in [-0.2, 0) is 12.1 Å². The molecule has 0 saturated heterocycles. The SMILES string of the molecule is CC(C)CC(C)(O)c1c(Br)cnn1CCN(C)C. The van der Waals surface area contributed by atoms with Crippen LogP contribution in [0.1, 0.15) is 32.9 Å². The zero-order valence-electron chi connectivity index (χ0n) is 11.9. The lowest BCUT2D eigenvalue weighted by Crippen LogP contribution is -2.30. The lowest BCUT2D eigenvalue weighted by atomic mass is 9.91. The maximum atomic E-state index is 10.7. The molecule has 1 N–H and O–H groups in total. The zero-order valence-corrected chi connectivity index (χ0v) is 13.5. The summed E-state index contributed by atoms with van der Waals surface area (Å²) in [4.78, 5) is 2.11. The van der Waals surface area contributed by atoms with E-state index in [1.807, 2.05) is 25.7 Å². The predicted octanol–water partition coefficient (Wildman–Crippen LogP) is 2.46. The molecule has 104 valence electrons. The van der Waals surface area contributed by atoms with Gasteiger partial charge in [0.05, 0.1) is 22.9 Å². The van der Waals surface area contributed by atoms with Gasteiger partial charge in [0.25, 0.3) is 0 Å². The minimum absolute atomic E-state index is 0.434. The average molecular weight is 318 g/mol. The van der Waals surface area contributed by atoms with E-state index < -0.39 is 5.60 Å². The van der Waals surface area contributed by atoms with Crippen molar-refractivity contribution < 1.29 is 5.11 Å². The van der Waals surface area contributed by atoms with E-state index in [-0.39, 0.29) is 0 Å². The van der Waals surface area contributed by atoms with Crippen molar-refractivity contribution in [2.75, 3.05) is 20.6 Å². The molecule has 1 aromatic rings. The van der Waals surface area contributed by atoms with Gasteiger partial charge in [0, 0.05) is 6.54 Å². The molecule has 0 radical (unpaired) electrons. The first kappa shape index (κ1) is 15.7. The number of hydrogen-bond acceptors (Lipinski definition) is 3. The van der Waals surface area contributed by atoms with Crippen LogP contribution in [0.4, 0.5) is 0 Å². The Bertz CT molecular complexity index is 386. The number of aromatic nitrogens is 2. The first-order chi connectivity index (χ1) is 8.24. The molecule has 1 unspecified atom stereocenters. The molecule has 0 aliphatic carbocycles. The second-order valence-corrected chi connectivity index (χ2v) is 6.59. The van der Waals surface area contributed by atoms with Gasteiger partial charge in [0.15, 0.2) is 0 Å². The summed E-state index contributed by atoms with van der Waals surface area (Å²) in [6, 6.07) is 0. The highest BCUT2D eigenvalue weighted by molar-refractivity contribution is 9.10. The lowest BCUT2D eigenvalue weighted by molar-refractivity contribution is 0.0248. The van der Waals surface area contributed by atoms with Crippen molar-refractivity contribution in [2.45, 2.75) is 39.3 Å². The summed E-state index contributed by atoms with van der Waals surface area (Å²) in [5.41, 5.74) is 0.0218. The molecule has 1 heterocycles. The van der Waals surface area contributed by atoms with E-state index in [9.17, 15) is 5.11 Å². The standard InChI is InChI=1S/C13H24BrN3O/c1-10(2)8-13(3,18)12-11(14)9-15-17(12)7-6-16(4)5/h9-10,18H,6-8H2,1-5H3. The summed E-state index contributed by atoms with van der Waals surface area (Å²) in [7, 11) is 4.06. The van der Waals surface area contributed by atoms with Crippen molar-refractivity contribution in [1.82, 2.24) is 14.7 Å². The largest absolute Gasteiger partial charge is 0.384 e. The van der Waals surface area contributed by atoms with Gasteiger partial charge in [-0.05, 0) is 49.3 Å². The van der Waals surface area contributed by atoms with Crippen LogP contribution in [0.25, 0.3) is 0 Å². The van der Waals surface area contributed by atoms with Crippen LogP contribution in [0.5, 0.6) is 0 Å². The minimum atomic E-state index is -0.851. The van der Waals surface area contributed by atoms with E-state index in [1.54, 1.807) is 6.20 Å². The summed E-state index contributed by atoms with van der Waals surface area (Å²) >= 11 is 3.49. The molecule has 0 spiro atoms. The molecule has 0 amide bonds. The highest BCUT2D eigenvalue weighted by atomic mass is 79.9. The zero-order chi connectivity index (χ0) is 13.9. The monoisotopic (exact) mass is 317 g/mol. The number of rotatable bonds is 6. The Morgan fingerprint density at radius 3 is 2.61 bits per heavy atom. The maximum absolute atomic E-state index is 10.7. The van der Waals surface area contributed by atoms with Gasteiger partial charge in [-0.15, -0.1) is 0 Å². The van der Waals surface area contributed by atoms with Crippen LogP contribution in [0.3, 0.4) is 0 Å². The molecular weight excluding hydrogens is 294 g/mol. The van der Waals surface area contributed by atoms with Crippen LogP contribution in [0.2, 0.25) is 0 Å². The van der Waals surface area contributed by atoms with E-state index >= 15 is 0 Å². The Labute approximate surface area is 118 Å². The minimum Gasteiger partial charge on any atom is -0.384 e. The van der Waals surface area contributed by atoms with Crippen molar-refractivity contribution in [1.29, 1.82) is 0 Å². The number of hydrogen-bond donors (Lipinski definition) is 1. The lowest BCUT2D eigenvalue weighted by Gasteiger charge is -2.27. The highest BCUT2D eigenvalue weighted by Crippen LogP contribution is 2.33. The smallest absolute Gasteiger partial charge is 0.105 e. The topological polar surface area (TPSA) is 41.3 Å². The number of aliphatic hydroxyl groups is 1. The molecule has 18 heavy (non-hydrogen) atoms. The molecule has 5 heteroatoms. The quantitative estimate of drug-likeness (QED) is 0.876. The van der Waals surface area contributed by atoms with Crippen molar-refractivity contribution in [3.05, 3.63) is 16.4 Å². The molecule has 1 atom stereocenters. The first-order valence-electron chi connectivity index (χ1n) is 6.33. The molecular formula is C13H24BrN3O. The molecule has 1 aromatic heterocycles. The summed E-state index contributed by atoms with van der Waals surface area (Å²) in [5, 5.41) is 15.0. The fraction of sp³-hybridized carbons (Fsp3) is 0.769. The third-order valence-electron chi connectivity index (χ3n) is 2.87. The summed E-state index contributed by atoms with van der Waals surface area (Å²) in [6.45, 7) is 7.77. The Morgan fingerprint density at radius 2 is 2.11 bits per heavy atom. The highest BCUT2D eigenvalue weighted by Gasteiger charge is 2.30. The Morgan fingerprint density at radius 1 is 1.50 bits per heavy atom. The van der Waals surface area contributed by atoms with Gasteiger partial charge in [0.2, 0.25) is 0 Å². The van der Waals surface area contributed by atoms with E-state index in [2.05, 4.69) is 39.8 Å². The second-order valence-electron chi connectivity index (χ2n) is 5.74. The van der Waals surface area contributed by atoms with E-state index in [4.69, 9.17) is 0 Å². The molecule has 4 nitrogen and oxygen atoms in total. The van der Waals surface area contributed by atoms with Gasteiger partial charge < -0.3 is 10.0 Å². The van der Waals surface area contributed by atoms with Crippen LogP contribution in [0.15, 0.2) is 10.7 Å². The number of halogens is 1. The molecule has 0 aliphatic heterocycles. The summed E-state index contributed by atoms with van der Waals surface area (Å²) in [6.07, 6.45) is 2.49. The van der Waals surface area contributed by atoms with Gasteiger partial charge in [-0.3, -0.25) is 4.68 Å². The Hall–Kier alpha value is -0.390. The Kier molecular flexibility index (Phi) is 5.37. The van der Waals surface area contributed by atoms with Crippen molar-refractivity contribution in [2.24, 2.45) is 5.92 Å². The van der Waals surface area contributed by atoms with Crippen molar-refractivity contribution >= 4 is 15.9 Å². The van der Waals surface area contributed by atoms with E-state index in [1.165, 1.54) is 0 Å². The normalized spacial score (nSPS) is 15.4. The van der Waals surface area contributed by atoms with Crippen molar-refractivity contribution in [3.8, 4) is 0 Å². The number of likely N-dealkylation sites (N-methyl/N-ethyl adjacent to an activating group) is 1. The van der Waals surface area contributed by atoms with Gasteiger partial charge in [-0.1, -0.05) is 13.8 Å². The maximum Gasteiger partial charge on any atom is 0.105 e. The average Bonchev–Trinajstić information content (AvgIpc) is 2.55. The summed E-state index contributed by atoms with van der Waals surface area (Å²) < 4.78 is 2.78. The van der Waals surface area contributed by atoms with Crippen molar-refractivity contribution in [3.63, 3.8) is 0 Å². The fourth-order valence-corrected chi connectivity index (χ4v) is 2.98. The first-order valence-corrected chi connectivity index (χ1v) is 7.12. The van der Waals surface area contributed by atoms with Crippen LogP contribution >= 0.6 is 15.9 Å². The molecule has 0 aliphatic rings. The molecule has 0 aromatic carbocycles. The Balaban J connectivity index is 2.95. The van der Waals surface area contributed by atoms with Crippen LogP contribution in [-0.4, -0.2) is 40.4 Å². The van der Waals surface area contributed by atoms with Gasteiger partial charge in [0.1, 0.15) is 5.60 Å². The third-order valence-corrected chi connectivity index (χ3v) is 3.45. The van der Waals surface area contributed by atoms with Gasteiger partial charge >= 0.3 is 0 Å². The number of nitrogens with zero attached hydrogens (tertiary/aromatic N) is 3. The fourth-order valence-electron chi connectivity index (χ4n) is 2.25. The van der Waals surface area contributed by atoms with Gasteiger partial charge in [-0.2, -0.15) is 5.10 Å². The molecule has 0 fully saturated rings. The molecule has 0 bridgehead atoms. The second kappa shape index (κ2) is 6.17. The van der Waals surface area contributed by atoms with Gasteiger partial charge in [-0.25, -0.2) is 0 Å². The van der Waals surface area contributed by atoms with Crippen LogP contribution in [0, 0.1) is 5.92 Å². The molecule has 1 rings (SSSR count).